The molecule has 0 amide bonds. The van der Waals surface area contributed by atoms with E-state index in [2.05, 4.69) is 18.0 Å². The third-order valence-corrected chi connectivity index (χ3v) is 5.98. The number of imidazole rings is 1. The second-order valence-corrected chi connectivity index (χ2v) is 7.95. The molecule has 2 aromatic heterocycles. The van der Waals surface area contributed by atoms with E-state index in [-0.39, 0.29) is 47.7 Å². The number of carboxylic acid groups (broad SMARTS) is 1. The van der Waals surface area contributed by atoms with Gasteiger partial charge in [0.15, 0.2) is 0 Å². The molecule has 1 N–H and O–H groups in total. The normalized spacial score (nSPS) is 13.3. The Bertz CT molecular complexity index is 1280. The summed E-state index contributed by atoms with van der Waals surface area (Å²) in [6.07, 6.45) is 3.16. The number of aromatic amines is 1. The number of H-pyrrole nitrogens is 1. The van der Waals surface area contributed by atoms with Gasteiger partial charge < -0.3 is 14.9 Å². The van der Waals surface area contributed by atoms with Crippen LogP contribution in [0, 0.1) is 6.92 Å². The van der Waals surface area contributed by atoms with Crippen molar-refractivity contribution in [2.24, 2.45) is 0 Å². The van der Waals surface area contributed by atoms with E-state index in [1.807, 2.05) is 56.4 Å². The Balaban J connectivity index is 0.00000272. The van der Waals surface area contributed by atoms with Crippen molar-refractivity contribution in [3.8, 4) is 0 Å². The zero-order valence-electron chi connectivity index (χ0n) is 18.5. The van der Waals surface area contributed by atoms with Gasteiger partial charge in [0.05, 0.1) is 17.1 Å². The Morgan fingerprint density at radius 2 is 1.77 bits per heavy atom. The monoisotopic (exact) mass is 427 g/mol. The molecule has 7 heteroatoms. The van der Waals surface area contributed by atoms with Crippen molar-refractivity contribution < 1.29 is 39.5 Å². The Morgan fingerprint density at radius 1 is 1.10 bits per heavy atom. The number of carboxylic acids is 1. The first-order valence-electron chi connectivity index (χ1n) is 10.4. The molecule has 31 heavy (non-hydrogen) atoms. The number of carbonyl (C=O) groups is 1. The van der Waals surface area contributed by atoms with Crippen LogP contribution in [-0.4, -0.2) is 20.1 Å². The minimum Gasteiger partial charge on any atom is -0.550 e. The van der Waals surface area contributed by atoms with Gasteiger partial charge in [0, 0.05) is 41.1 Å². The average molecular weight is 427 g/mol. The summed E-state index contributed by atoms with van der Waals surface area (Å²) < 4.78 is 3.43. The van der Waals surface area contributed by atoms with Crippen LogP contribution in [0.3, 0.4) is 0 Å². The van der Waals surface area contributed by atoms with Gasteiger partial charge in [0.2, 0.25) is 0 Å². The first kappa shape index (κ1) is 23.4. The van der Waals surface area contributed by atoms with Gasteiger partial charge in [-0.1, -0.05) is 37.6 Å². The summed E-state index contributed by atoms with van der Waals surface area (Å²) in [5, 5.41) is 12.5. The number of para-hydroxylation sites is 2. The summed E-state index contributed by atoms with van der Waals surface area (Å²) in [6, 6.07) is 13.0. The second kappa shape index (κ2) is 9.47. The van der Waals surface area contributed by atoms with Crippen molar-refractivity contribution in [1.29, 1.82) is 0 Å². The van der Waals surface area contributed by atoms with E-state index < -0.39 is 12.0 Å². The Kier molecular flexibility index (Phi) is 7.14. The van der Waals surface area contributed by atoms with E-state index in [4.69, 9.17) is 0 Å². The third kappa shape index (κ3) is 4.12. The first-order valence-corrected chi connectivity index (χ1v) is 10.4. The van der Waals surface area contributed by atoms with E-state index in [0.29, 0.717) is 6.42 Å². The van der Waals surface area contributed by atoms with Crippen LogP contribution < -0.4 is 40.4 Å². The van der Waals surface area contributed by atoms with Gasteiger partial charge in [-0.05, 0) is 44.0 Å². The van der Waals surface area contributed by atoms with Crippen molar-refractivity contribution in [1.82, 2.24) is 14.1 Å². The Hall–Kier alpha value is -2.28. The van der Waals surface area contributed by atoms with Crippen molar-refractivity contribution in [2.45, 2.75) is 52.1 Å². The molecule has 6 nitrogen and oxygen atoms in total. The largest absolute Gasteiger partial charge is 1.00 e. The smallest absolute Gasteiger partial charge is 0.550 e. The van der Waals surface area contributed by atoms with Crippen LogP contribution in [0.5, 0.6) is 0 Å². The molecule has 2 heterocycles. The van der Waals surface area contributed by atoms with Crippen molar-refractivity contribution in [2.75, 3.05) is 0 Å². The quantitative estimate of drug-likeness (QED) is 0.441. The maximum absolute atomic E-state index is 13.6. The SMILES string of the molecule is CCCC(CC(=O)[O-])n1c(=O)n([C@@H](C)c2c[nH]c3cccc(C)c23)c2ccccc21.[Na+]. The molecule has 4 aromatic rings. The maximum Gasteiger partial charge on any atom is 1.00 e. The van der Waals surface area contributed by atoms with Gasteiger partial charge >= 0.3 is 35.2 Å². The van der Waals surface area contributed by atoms with Gasteiger partial charge in [-0.25, -0.2) is 4.79 Å². The van der Waals surface area contributed by atoms with Crippen molar-refractivity contribution in [3.63, 3.8) is 0 Å². The number of benzene rings is 2. The van der Waals surface area contributed by atoms with Gasteiger partial charge in [0.25, 0.3) is 0 Å². The molecular weight excluding hydrogens is 401 g/mol. The molecule has 0 spiro atoms. The van der Waals surface area contributed by atoms with E-state index in [1.165, 1.54) is 0 Å². The summed E-state index contributed by atoms with van der Waals surface area (Å²) >= 11 is 0. The Labute approximate surface area is 203 Å². The molecule has 0 saturated heterocycles. The maximum atomic E-state index is 13.6. The number of nitrogens with one attached hydrogen (secondary N) is 1. The van der Waals surface area contributed by atoms with Crippen LogP contribution in [0.4, 0.5) is 0 Å². The molecule has 0 radical (unpaired) electrons. The minimum atomic E-state index is -1.14. The number of fused-ring (bicyclic) bond motifs is 2. The van der Waals surface area contributed by atoms with Crippen LogP contribution in [0.15, 0.2) is 53.5 Å². The van der Waals surface area contributed by atoms with Crippen LogP contribution >= 0.6 is 0 Å². The molecule has 0 saturated carbocycles. The molecular formula is C24H26N3NaO3. The molecule has 0 bridgehead atoms. The van der Waals surface area contributed by atoms with Crippen LogP contribution in [0.25, 0.3) is 21.9 Å². The van der Waals surface area contributed by atoms with Gasteiger partial charge in [0.1, 0.15) is 0 Å². The number of hydrogen-bond acceptors (Lipinski definition) is 3. The standard InChI is InChI=1S/C24H27N3O3.Na/c1-4-8-17(13-22(28)29)27-21-12-6-5-11-20(21)26(24(27)30)16(3)18-14-25-19-10-7-9-15(2)23(18)19;/h5-7,9-12,14,16-17,25H,4,8,13H2,1-3H3,(H,28,29);/q;+1/p-1/t16-,17?;/m0./s1. The van der Waals surface area contributed by atoms with Crippen LogP contribution in [0.1, 0.15) is 56.3 Å². The molecule has 2 aromatic carbocycles. The summed E-state index contributed by atoms with van der Waals surface area (Å²) in [6.45, 7) is 6.07. The fourth-order valence-corrected chi connectivity index (χ4v) is 4.64. The number of rotatable bonds is 7. The first-order chi connectivity index (χ1) is 14.4. The summed E-state index contributed by atoms with van der Waals surface area (Å²) in [4.78, 5) is 28.3. The summed E-state index contributed by atoms with van der Waals surface area (Å²) in [5.41, 5.74) is 4.59. The molecule has 0 fully saturated rings. The van der Waals surface area contributed by atoms with E-state index in [0.717, 1.165) is 39.5 Å². The number of carbonyl (C=O) groups excluding carboxylic acids is 1. The average Bonchev–Trinajstić information content (AvgIpc) is 3.26. The number of aromatic nitrogens is 3. The fraction of sp³-hybridized carbons (Fsp3) is 0.333. The van der Waals surface area contributed by atoms with Gasteiger partial charge in [-0.15, -0.1) is 0 Å². The molecule has 1 unspecified atom stereocenters. The van der Waals surface area contributed by atoms with E-state index in [1.54, 1.807) is 9.13 Å². The van der Waals surface area contributed by atoms with Crippen molar-refractivity contribution in [3.05, 3.63) is 70.3 Å². The topological polar surface area (TPSA) is 82.8 Å². The molecule has 0 aliphatic rings. The second-order valence-electron chi connectivity index (χ2n) is 7.95. The summed E-state index contributed by atoms with van der Waals surface area (Å²) in [5.74, 6) is -1.14. The Morgan fingerprint density at radius 3 is 2.42 bits per heavy atom. The van der Waals surface area contributed by atoms with E-state index in [9.17, 15) is 14.7 Å². The van der Waals surface area contributed by atoms with Gasteiger partial charge in [-0.2, -0.15) is 0 Å². The van der Waals surface area contributed by atoms with Crippen molar-refractivity contribution >= 4 is 27.9 Å². The predicted molar refractivity (Wildman–Crippen MR) is 117 cm³/mol. The van der Waals surface area contributed by atoms with Crippen LogP contribution in [-0.2, 0) is 4.79 Å². The summed E-state index contributed by atoms with van der Waals surface area (Å²) in [7, 11) is 0. The molecule has 2 atom stereocenters. The number of aryl methyl sites for hydroxylation is 1. The number of hydrogen-bond donors (Lipinski definition) is 1. The molecule has 4 rings (SSSR count). The zero-order valence-corrected chi connectivity index (χ0v) is 20.5. The number of aliphatic carboxylic acids is 1. The molecule has 156 valence electrons. The van der Waals surface area contributed by atoms with Gasteiger partial charge in [-0.3, -0.25) is 9.13 Å². The third-order valence-electron chi connectivity index (χ3n) is 5.98. The fourth-order valence-electron chi connectivity index (χ4n) is 4.64. The van der Waals surface area contributed by atoms with Crippen LogP contribution in [0.2, 0.25) is 0 Å². The zero-order chi connectivity index (χ0) is 21.4. The van der Waals surface area contributed by atoms with E-state index >= 15 is 0 Å². The minimum absolute atomic E-state index is 0. The predicted octanol–water partition coefficient (Wildman–Crippen LogP) is 0.687. The number of nitrogens with zero attached hydrogens (tertiary/aromatic N) is 2. The molecule has 0 aliphatic carbocycles. The molecule has 0 aliphatic heterocycles.